The summed E-state index contributed by atoms with van der Waals surface area (Å²) in [6.45, 7) is 2.08. The summed E-state index contributed by atoms with van der Waals surface area (Å²) in [7, 11) is 0. The fourth-order valence-corrected chi connectivity index (χ4v) is 0.860. The second-order valence-corrected chi connectivity index (χ2v) is 3.30. The van der Waals surface area contributed by atoms with Gasteiger partial charge in [0.15, 0.2) is 11.6 Å². The maximum atomic E-state index is 10.9. The van der Waals surface area contributed by atoms with Crippen LogP contribution in [0, 0.1) is 0 Å². The second-order valence-electron chi connectivity index (χ2n) is 3.30. The van der Waals surface area contributed by atoms with Crippen LogP contribution in [-0.4, -0.2) is 51.0 Å². The topological polar surface area (TPSA) is 112 Å². The van der Waals surface area contributed by atoms with Gasteiger partial charge >= 0.3 is 0 Å². The molecular weight excluding hydrogens is 216 g/mol. The quantitative estimate of drug-likeness (QED) is 0.373. The maximum absolute atomic E-state index is 10.9. The lowest BCUT2D eigenvalue weighted by Crippen LogP contribution is -2.31. The number of hydrogen-bond donors (Lipinski definition) is 3. The van der Waals surface area contributed by atoms with Gasteiger partial charge in [-0.05, 0) is 13.0 Å². The van der Waals surface area contributed by atoms with Gasteiger partial charge in [-0.15, -0.1) is 0 Å². The third-order valence-electron chi connectivity index (χ3n) is 1.85. The van der Waals surface area contributed by atoms with Crippen LogP contribution in [0.2, 0.25) is 0 Å². The van der Waals surface area contributed by atoms with Gasteiger partial charge in [-0.3, -0.25) is 14.4 Å². The van der Waals surface area contributed by atoms with E-state index >= 15 is 0 Å². The van der Waals surface area contributed by atoms with Crippen molar-refractivity contribution in [2.75, 3.05) is 0 Å². The minimum absolute atomic E-state index is 0.649. The Morgan fingerprint density at radius 1 is 1.00 bits per heavy atom. The van der Waals surface area contributed by atoms with Gasteiger partial charge in [0, 0.05) is 6.92 Å². The van der Waals surface area contributed by atoms with Crippen LogP contribution in [0.1, 0.15) is 13.8 Å². The first-order chi connectivity index (χ1) is 7.27. The van der Waals surface area contributed by atoms with Gasteiger partial charge in [0.05, 0.1) is 0 Å². The van der Waals surface area contributed by atoms with E-state index in [1.54, 1.807) is 0 Å². The molecule has 0 radical (unpaired) electrons. The number of carbonyl (C=O) groups excluding carboxylic acids is 3. The first-order valence-corrected chi connectivity index (χ1v) is 4.55. The van der Waals surface area contributed by atoms with Gasteiger partial charge in [-0.1, -0.05) is 6.08 Å². The number of carbonyl (C=O) groups is 3. The molecular formula is C10H14O6. The minimum Gasteiger partial charge on any atom is -0.386 e. The Hall–Kier alpha value is -1.37. The summed E-state index contributed by atoms with van der Waals surface area (Å²) in [4.78, 5) is 32.1. The van der Waals surface area contributed by atoms with Crippen LogP contribution in [-0.2, 0) is 14.4 Å². The van der Waals surface area contributed by atoms with Crippen molar-refractivity contribution in [3.8, 4) is 0 Å². The Morgan fingerprint density at radius 3 is 1.88 bits per heavy atom. The van der Waals surface area contributed by atoms with Crippen molar-refractivity contribution in [3.05, 3.63) is 12.2 Å². The molecule has 0 aliphatic heterocycles. The Bertz CT molecular complexity index is 319. The average molecular weight is 230 g/mol. The number of rotatable bonds is 6. The molecule has 90 valence electrons. The molecule has 0 aliphatic carbocycles. The lowest BCUT2D eigenvalue weighted by atomic mass is 10.1. The van der Waals surface area contributed by atoms with E-state index in [-0.39, 0.29) is 0 Å². The summed E-state index contributed by atoms with van der Waals surface area (Å²) < 4.78 is 0. The highest BCUT2D eigenvalue weighted by Gasteiger charge is 2.20. The molecule has 3 N–H and O–H groups in total. The lowest BCUT2D eigenvalue weighted by molar-refractivity contribution is -0.139. The molecule has 0 saturated heterocycles. The first-order valence-electron chi connectivity index (χ1n) is 4.55. The molecule has 16 heavy (non-hydrogen) atoms. The predicted molar refractivity (Wildman–Crippen MR) is 53.5 cm³/mol. The zero-order chi connectivity index (χ0) is 12.9. The fourth-order valence-electron chi connectivity index (χ4n) is 0.860. The van der Waals surface area contributed by atoms with Gasteiger partial charge in [-0.25, -0.2) is 0 Å². The van der Waals surface area contributed by atoms with Crippen molar-refractivity contribution in [2.45, 2.75) is 32.2 Å². The summed E-state index contributed by atoms with van der Waals surface area (Å²) >= 11 is 0. The molecule has 0 amide bonds. The van der Waals surface area contributed by atoms with Crippen LogP contribution in [0.15, 0.2) is 12.2 Å². The fraction of sp³-hybridized carbons (Fsp3) is 0.500. The number of aliphatic hydroxyl groups is 3. The highest BCUT2D eigenvalue weighted by molar-refractivity contribution is 6.38. The van der Waals surface area contributed by atoms with E-state index < -0.39 is 35.7 Å². The molecule has 0 heterocycles. The van der Waals surface area contributed by atoms with Crippen LogP contribution in [0.4, 0.5) is 0 Å². The number of hydrogen-bond acceptors (Lipinski definition) is 6. The Morgan fingerprint density at radius 2 is 1.50 bits per heavy atom. The van der Waals surface area contributed by atoms with Crippen LogP contribution >= 0.6 is 0 Å². The third kappa shape index (κ3) is 4.43. The predicted octanol–water partition coefficient (Wildman–Crippen LogP) is -1.63. The van der Waals surface area contributed by atoms with E-state index in [2.05, 4.69) is 0 Å². The largest absolute Gasteiger partial charge is 0.386 e. The molecule has 0 fully saturated rings. The SMILES string of the molecule is CC(=O)C(=O)C(O)C=CC(O)C(O)C(C)=O. The van der Waals surface area contributed by atoms with Gasteiger partial charge in [0.25, 0.3) is 0 Å². The Labute approximate surface area is 92.2 Å². The van der Waals surface area contributed by atoms with Gasteiger partial charge < -0.3 is 15.3 Å². The van der Waals surface area contributed by atoms with E-state index in [0.29, 0.717) is 0 Å². The van der Waals surface area contributed by atoms with E-state index in [0.717, 1.165) is 26.0 Å². The summed E-state index contributed by atoms with van der Waals surface area (Å²) in [5.41, 5.74) is 0. The summed E-state index contributed by atoms with van der Waals surface area (Å²) in [6.07, 6.45) is -3.08. The Balaban J connectivity index is 4.44. The van der Waals surface area contributed by atoms with Crippen molar-refractivity contribution in [2.24, 2.45) is 0 Å². The van der Waals surface area contributed by atoms with E-state index in [1.165, 1.54) is 0 Å². The van der Waals surface area contributed by atoms with E-state index in [9.17, 15) is 19.5 Å². The van der Waals surface area contributed by atoms with Crippen molar-refractivity contribution < 1.29 is 29.7 Å². The van der Waals surface area contributed by atoms with Crippen LogP contribution < -0.4 is 0 Å². The number of ketones is 3. The molecule has 0 rings (SSSR count). The second kappa shape index (κ2) is 6.26. The van der Waals surface area contributed by atoms with Crippen molar-refractivity contribution in [1.82, 2.24) is 0 Å². The van der Waals surface area contributed by atoms with Crippen molar-refractivity contribution in [3.63, 3.8) is 0 Å². The minimum atomic E-state index is -1.67. The molecule has 0 aliphatic rings. The smallest absolute Gasteiger partial charge is 0.230 e. The molecule has 0 bridgehead atoms. The molecule has 0 aromatic heterocycles. The number of Topliss-reactive ketones (excluding diaryl/α,β-unsaturated/α-hetero) is 3. The first kappa shape index (κ1) is 14.6. The molecule has 3 unspecified atom stereocenters. The van der Waals surface area contributed by atoms with Crippen molar-refractivity contribution in [1.29, 1.82) is 0 Å². The zero-order valence-electron chi connectivity index (χ0n) is 8.95. The van der Waals surface area contributed by atoms with Gasteiger partial charge in [0.1, 0.15) is 18.3 Å². The highest BCUT2D eigenvalue weighted by Crippen LogP contribution is 1.99. The molecule has 3 atom stereocenters. The van der Waals surface area contributed by atoms with Gasteiger partial charge in [-0.2, -0.15) is 0 Å². The number of aliphatic hydroxyl groups excluding tert-OH is 3. The van der Waals surface area contributed by atoms with Crippen molar-refractivity contribution >= 4 is 17.3 Å². The molecule has 0 spiro atoms. The monoisotopic (exact) mass is 230 g/mol. The van der Waals surface area contributed by atoms with Gasteiger partial charge in [0.2, 0.25) is 5.78 Å². The molecule has 6 heteroatoms. The molecule has 0 aromatic rings. The standard InChI is InChI=1S/C10H14O6/c1-5(11)9(15)7(13)3-4-8(14)10(16)6(2)12/h3-4,7-9,13-15H,1-2H3. The van der Waals surface area contributed by atoms with E-state index in [4.69, 9.17) is 10.2 Å². The summed E-state index contributed by atoms with van der Waals surface area (Å²) in [5.74, 6) is -2.50. The van der Waals surface area contributed by atoms with Crippen LogP contribution in [0.5, 0.6) is 0 Å². The highest BCUT2D eigenvalue weighted by atomic mass is 16.3. The van der Waals surface area contributed by atoms with E-state index in [1.807, 2.05) is 0 Å². The zero-order valence-corrected chi connectivity index (χ0v) is 8.95. The average Bonchev–Trinajstić information content (AvgIpc) is 2.22. The maximum Gasteiger partial charge on any atom is 0.230 e. The Kier molecular flexibility index (Phi) is 5.73. The molecule has 6 nitrogen and oxygen atoms in total. The molecule has 0 aromatic carbocycles. The normalized spacial score (nSPS) is 16.8. The van der Waals surface area contributed by atoms with Crippen LogP contribution in [0.3, 0.4) is 0 Å². The third-order valence-corrected chi connectivity index (χ3v) is 1.85. The lowest BCUT2D eigenvalue weighted by Gasteiger charge is -2.11. The summed E-state index contributed by atoms with van der Waals surface area (Å²) in [6, 6.07) is 0. The summed E-state index contributed by atoms with van der Waals surface area (Å²) in [5, 5.41) is 27.4. The molecule has 0 saturated carbocycles. The van der Waals surface area contributed by atoms with Crippen LogP contribution in [0.25, 0.3) is 0 Å².